The Kier molecular flexibility index (Phi) is 7.22. The van der Waals surface area contributed by atoms with Crippen LogP contribution in [0, 0.1) is 5.82 Å². The van der Waals surface area contributed by atoms with Gasteiger partial charge in [-0.05, 0) is 23.8 Å². The molecule has 7 nitrogen and oxygen atoms in total. The van der Waals surface area contributed by atoms with Gasteiger partial charge in [-0.1, -0.05) is 60.1 Å². The van der Waals surface area contributed by atoms with Gasteiger partial charge in [-0.2, -0.15) is 0 Å². The van der Waals surface area contributed by atoms with Gasteiger partial charge >= 0.3 is 12.0 Å². The monoisotopic (exact) mass is 496 g/mol. The quantitative estimate of drug-likeness (QED) is 0.449. The average Bonchev–Trinajstić information content (AvgIpc) is 2.87. The van der Waals surface area contributed by atoms with Crippen molar-refractivity contribution < 1.29 is 28.2 Å². The highest BCUT2D eigenvalue weighted by atomic mass is 35.5. The molecule has 0 radical (unpaired) electrons. The van der Waals surface area contributed by atoms with Crippen LogP contribution in [-0.4, -0.2) is 26.2 Å². The van der Waals surface area contributed by atoms with Crippen LogP contribution in [0.15, 0.2) is 72.3 Å². The van der Waals surface area contributed by atoms with E-state index in [0.29, 0.717) is 22.6 Å². The molecule has 2 amide bonds. The molecule has 0 saturated carbocycles. The van der Waals surface area contributed by atoms with E-state index in [0.717, 1.165) is 0 Å². The van der Waals surface area contributed by atoms with Gasteiger partial charge in [0.15, 0.2) is 11.5 Å². The zero-order chi connectivity index (χ0) is 24.9. The van der Waals surface area contributed by atoms with Gasteiger partial charge in [-0.25, -0.2) is 14.0 Å². The Hall–Kier alpha value is -4.04. The maximum atomic E-state index is 14.4. The van der Waals surface area contributed by atoms with E-state index in [9.17, 15) is 14.0 Å². The molecule has 0 saturated heterocycles. The average molecular weight is 497 g/mol. The van der Waals surface area contributed by atoms with Crippen molar-refractivity contribution in [1.82, 2.24) is 10.6 Å². The fourth-order valence-electron chi connectivity index (χ4n) is 3.85. The van der Waals surface area contributed by atoms with Crippen molar-refractivity contribution in [2.75, 3.05) is 14.2 Å². The Balaban J connectivity index is 1.84. The number of hydrogen-bond donors (Lipinski definition) is 2. The second kappa shape index (κ2) is 10.5. The number of urea groups is 1. The van der Waals surface area contributed by atoms with E-state index in [1.807, 2.05) is 6.07 Å². The predicted molar refractivity (Wildman–Crippen MR) is 129 cm³/mol. The first-order valence-corrected chi connectivity index (χ1v) is 11.0. The molecule has 0 fully saturated rings. The van der Waals surface area contributed by atoms with E-state index in [-0.39, 0.29) is 28.5 Å². The minimum absolute atomic E-state index is 0.161. The summed E-state index contributed by atoms with van der Waals surface area (Å²) in [6, 6.07) is 16.8. The van der Waals surface area contributed by atoms with Crippen molar-refractivity contribution in [2.24, 2.45) is 0 Å². The molecule has 9 heteroatoms. The van der Waals surface area contributed by atoms with Gasteiger partial charge in [0.05, 0.1) is 36.6 Å². The number of methoxy groups -OCH3 is 2. The Bertz CT molecular complexity index is 1280. The third-order valence-corrected chi connectivity index (χ3v) is 5.86. The Morgan fingerprint density at radius 3 is 2.46 bits per heavy atom. The standard InChI is InChI=1S/C26H22ClFN2O5/c1-33-20-13-6-10-16(24(20)35-14-17-18(27)11-7-12-19(17)28)23-21(25(31)34-2)22(29-26(32)30-23)15-8-4-3-5-9-15/h3-13,23H,14H2,1-2H3,(H2,29,30,32). The molecule has 1 aliphatic heterocycles. The maximum Gasteiger partial charge on any atom is 0.338 e. The number of ether oxygens (including phenoxy) is 3. The van der Waals surface area contributed by atoms with Crippen LogP contribution in [0.2, 0.25) is 5.02 Å². The first-order valence-electron chi connectivity index (χ1n) is 10.6. The second-order valence-electron chi connectivity index (χ2n) is 7.55. The number of rotatable bonds is 7. The minimum Gasteiger partial charge on any atom is -0.493 e. The SMILES string of the molecule is COC(=O)C1=C(c2ccccc2)NC(=O)NC1c1cccc(OC)c1OCc1c(F)cccc1Cl. The molecule has 2 N–H and O–H groups in total. The molecule has 0 aliphatic carbocycles. The van der Waals surface area contributed by atoms with Crippen molar-refractivity contribution in [3.05, 3.63) is 99.8 Å². The van der Waals surface area contributed by atoms with Crippen molar-refractivity contribution in [1.29, 1.82) is 0 Å². The molecule has 0 bridgehead atoms. The summed E-state index contributed by atoms with van der Waals surface area (Å²) in [7, 11) is 2.71. The van der Waals surface area contributed by atoms with E-state index in [1.165, 1.54) is 26.4 Å². The van der Waals surface area contributed by atoms with E-state index < -0.39 is 23.9 Å². The van der Waals surface area contributed by atoms with Crippen LogP contribution in [0.3, 0.4) is 0 Å². The number of nitrogens with one attached hydrogen (secondary N) is 2. The third kappa shape index (κ3) is 4.93. The van der Waals surface area contributed by atoms with Crippen molar-refractivity contribution in [3.8, 4) is 11.5 Å². The second-order valence-corrected chi connectivity index (χ2v) is 7.95. The molecule has 35 heavy (non-hydrogen) atoms. The highest BCUT2D eigenvalue weighted by Gasteiger charge is 2.36. The largest absolute Gasteiger partial charge is 0.493 e. The van der Waals surface area contributed by atoms with Gasteiger partial charge in [-0.3, -0.25) is 0 Å². The van der Waals surface area contributed by atoms with Gasteiger partial charge in [0.1, 0.15) is 12.4 Å². The lowest BCUT2D eigenvalue weighted by atomic mass is 9.92. The summed E-state index contributed by atoms with van der Waals surface area (Å²) in [5.74, 6) is -0.624. The first kappa shape index (κ1) is 24.1. The number of para-hydroxylation sites is 1. The molecule has 3 aromatic rings. The van der Waals surface area contributed by atoms with E-state index in [4.69, 9.17) is 25.8 Å². The molecular formula is C26H22ClFN2O5. The summed E-state index contributed by atoms with van der Waals surface area (Å²) >= 11 is 6.16. The topological polar surface area (TPSA) is 85.9 Å². The molecule has 0 aromatic heterocycles. The Labute approximate surface area is 206 Å². The zero-order valence-electron chi connectivity index (χ0n) is 18.9. The lowest BCUT2D eigenvalue weighted by molar-refractivity contribution is -0.136. The van der Waals surface area contributed by atoms with E-state index in [2.05, 4.69) is 10.6 Å². The highest BCUT2D eigenvalue weighted by molar-refractivity contribution is 6.31. The van der Waals surface area contributed by atoms with Crippen molar-refractivity contribution >= 4 is 29.3 Å². The molecule has 0 spiro atoms. The molecule has 1 aliphatic rings. The molecule has 3 aromatic carbocycles. The van der Waals surface area contributed by atoms with Crippen LogP contribution in [0.5, 0.6) is 11.5 Å². The lowest BCUT2D eigenvalue weighted by Gasteiger charge is -2.30. The van der Waals surface area contributed by atoms with Crippen molar-refractivity contribution in [3.63, 3.8) is 0 Å². The summed E-state index contributed by atoms with van der Waals surface area (Å²) in [6.07, 6.45) is 0. The number of halogens is 2. The van der Waals surface area contributed by atoms with Crippen LogP contribution in [-0.2, 0) is 16.1 Å². The van der Waals surface area contributed by atoms with E-state index >= 15 is 0 Å². The maximum absolute atomic E-state index is 14.4. The molecule has 1 atom stereocenters. The number of carbonyl (C=O) groups is 2. The third-order valence-electron chi connectivity index (χ3n) is 5.50. The van der Waals surface area contributed by atoms with Gasteiger partial charge in [-0.15, -0.1) is 0 Å². The Morgan fingerprint density at radius 1 is 1.03 bits per heavy atom. The number of carbonyl (C=O) groups excluding carboxylic acids is 2. The van der Waals surface area contributed by atoms with E-state index in [1.54, 1.807) is 48.5 Å². The number of esters is 1. The number of hydrogen-bond acceptors (Lipinski definition) is 5. The molecule has 1 unspecified atom stereocenters. The fraction of sp³-hybridized carbons (Fsp3) is 0.154. The number of amides is 2. The summed E-state index contributed by atoms with van der Waals surface area (Å²) in [4.78, 5) is 25.6. The van der Waals surface area contributed by atoms with Gasteiger partial charge in [0.25, 0.3) is 0 Å². The van der Waals surface area contributed by atoms with Crippen LogP contribution in [0.1, 0.15) is 22.7 Å². The van der Waals surface area contributed by atoms with Crippen LogP contribution in [0.4, 0.5) is 9.18 Å². The molecule has 4 rings (SSSR count). The molecular weight excluding hydrogens is 475 g/mol. The number of benzene rings is 3. The predicted octanol–water partition coefficient (Wildman–Crippen LogP) is 5.00. The Morgan fingerprint density at radius 2 is 1.77 bits per heavy atom. The van der Waals surface area contributed by atoms with Crippen LogP contribution < -0.4 is 20.1 Å². The lowest BCUT2D eigenvalue weighted by Crippen LogP contribution is -2.45. The van der Waals surface area contributed by atoms with Crippen molar-refractivity contribution in [2.45, 2.75) is 12.6 Å². The molecule has 1 heterocycles. The zero-order valence-corrected chi connectivity index (χ0v) is 19.7. The van der Waals surface area contributed by atoms with Gasteiger partial charge < -0.3 is 24.8 Å². The van der Waals surface area contributed by atoms with Gasteiger partial charge in [0.2, 0.25) is 0 Å². The van der Waals surface area contributed by atoms with Gasteiger partial charge in [0, 0.05) is 11.1 Å². The highest BCUT2D eigenvalue weighted by Crippen LogP contribution is 2.41. The van der Waals surface area contributed by atoms with Crippen LogP contribution >= 0.6 is 11.6 Å². The summed E-state index contributed by atoms with van der Waals surface area (Å²) in [5, 5.41) is 5.68. The smallest absolute Gasteiger partial charge is 0.338 e. The molecule has 180 valence electrons. The summed E-state index contributed by atoms with van der Waals surface area (Å²) in [5.41, 5.74) is 1.67. The summed E-state index contributed by atoms with van der Waals surface area (Å²) < 4.78 is 30.9. The first-order chi connectivity index (χ1) is 16.9. The summed E-state index contributed by atoms with van der Waals surface area (Å²) in [6.45, 7) is -0.208. The fourth-order valence-corrected chi connectivity index (χ4v) is 4.07. The normalized spacial score (nSPS) is 15.2. The minimum atomic E-state index is -0.951. The van der Waals surface area contributed by atoms with Crippen LogP contribution in [0.25, 0.3) is 5.70 Å².